The van der Waals surface area contributed by atoms with Crippen molar-refractivity contribution >= 4 is 69.9 Å². The van der Waals surface area contributed by atoms with Gasteiger partial charge < -0.3 is 19.6 Å². The molecule has 0 spiro atoms. The fraction of sp³-hybridized carbons (Fsp3) is 1.00. The SMILES string of the molecule is O=P(O)(O)OP(=O)(O)OP(=O)(O)OC(Cl)C(Cl)(Cl)Cl. The van der Waals surface area contributed by atoms with Crippen LogP contribution in [0.15, 0.2) is 0 Å². The molecule has 10 nitrogen and oxygen atoms in total. The average molecular weight is 424 g/mol. The molecule has 3 unspecified atom stereocenters. The Morgan fingerprint density at radius 2 is 1.32 bits per heavy atom. The third-order valence-electron chi connectivity index (χ3n) is 0.899. The summed E-state index contributed by atoms with van der Waals surface area (Å²) in [5.74, 6) is 0. The Kier molecular flexibility index (Phi) is 7.33. The van der Waals surface area contributed by atoms with Crippen LogP contribution in [0.1, 0.15) is 0 Å². The fourth-order valence-electron chi connectivity index (χ4n) is 0.476. The quantitative estimate of drug-likeness (QED) is 0.368. The maximum absolute atomic E-state index is 11.2. The van der Waals surface area contributed by atoms with E-state index in [4.69, 9.17) is 66.0 Å². The number of phosphoric acid groups is 3. The first-order valence-corrected chi connectivity index (χ1v) is 9.66. The Hall–Kier alpha value is 1.57. The van der Waals surface area contributed by atoms with E-state index in [1.807, 2.05) is 0 Å². The second-order valence-corrected chi connectivity index (χ2v) is 9.69. The highest BCUT2D eigenvalue weighted by molar-refractivity contribution is 7.66. The summed E-state index contributed by atoms with van der Waals surface area (Å²) in [6.07, 6.45) is 0. The molecule has 19 heavy (non-hydrogen) atoms. The van der Waals surface area contributed by atoms with Gasteiger partial charge >= 0.3 is 23.5 Å². The first kappa shape index (κ1) is 20.6. The van der Waals surface area contributed by atoms with Crippen molar-refractivity contribution in [3.05, 3.63) is 0 Å². The number of hydrogen-bond acceptors (Lipinski definition) is 6. The lowest BCUT2D eigenvalue weighted by atomic mass is 10.8. The van der Waals surface area contributed by atoms with Crippen molar-refractivity contribution in [3.63, 3.8) is 0 Å². The second kappa shape index (κ2) is 6.77. The topological polar surface area (TPSA) is 160 Å². The summed E-state index contributed by atoms with van der Waals surface area (Å²) in [7, 11) is -16.5. The van der Waals surface area contributed by atoms with E-state index >= 15 is 0 Å². The predicted molar refractivity (Wildman–Crippen MR) is 64.9 cm³/mol. The van der Waals surface area contributed by atoms with Crippen molar-refractivity contribution in [1.29, 1.82) is 0 Å². The van der Waals surface area contributed by atoms with Crippen LogP contribution in [0.25, 0.3) is 0 Å². The molecule has 0 aromatic carbocycles. The Labute approximate surface area is 125 Å². The Balaban J connectivity index is 4.83. The average Bonchev–Trinajstić information content (AvgIpc) is 1.91. The number of halogens is 4. The van der Waals surface area contributed by atoms with Crippen LogP contribution >= 0.6 is 69.9 Å². The molecule has 17 heteroatoms. The summed E-state index contributed by atoms with van der Waals surface area (Å²) in [5, 5.41) is 0. The van der Waals surface area contributed by atoms with Gasteiger partial charge in [0.15, 0.2) is 5.56 Å². The second-order valence-electron chi connectivity index (χ2n) is 2.55. The standard InChI is InChI=1S/C2H5Cl4O10P3/c3-1(2(4,5)6)14-18(10,11)16-19(12,13)15-17(7,8)9/h1H,(H,10,11)(H,12,13)(H2,7,8,9). The van der Waals surface area contributed by atoms with Crippen LogP contribution < -0.4 is 0 Å². The molecule has 4 N–H and O–H groups in total. The van der Waals surface area contributed by atoms with Crippen LogP contribution in [0.5, 0.6) is 0 Å². The fourth-order valence-corrected chi connectivity index (χ4v) is 4.15. The van der Waals surface area contributed by atoms with Crippen LogP contribution in [-0.2, 0) is 26.8 Å². The third-order valence-corrected chi connectivity index (χ3v) is 6.17. The molecule has 0 aromatic heterocycles. The van der Waals surface area contributed by atoms with E-state index in [-0.39, 0.29) is 0 Å². The van der Waals surface area contributed by atoms with Crippen LogP contribution in [-0.4, -0.2) is 28.9 Å². The molecule has 0 bridgehead atoms. The molecule has 0 aliphatic carbocycles. The maximum atomic E-state index is 11.2. The van der Waals surface area contributed by atoms with Crippen LogP contribution in [0.2, 0.25) is 0 Å². The zero-order valence-corrected chi connectivity index (χ0v) is 13.9. The van der Waals surface area contributed by atoms with Gasteiger partial charge in [-0.05, 0) is 0 Å². The summed E-state index contributed by atoms with van der Waals surface area (Å²) in [6.45, 7) is 0. The molecule has 0 aliphatic rings. The Morgan fingerprint density at radius 1 is 0.895 bits per heavy atom. The number of phosphoric ester groups is 1. The molecule has 0 saturated heterocycles. The summed E-state index contributed by atoms with van der Waals surface area (Å²) in [5.41, 5.74) is -2.08. The van der Waals surface area contributed by atoms with E-state index in [0.29, 0.717) is 0 Å². The van der Waals surface area contributed by atoms with Gasteiger partial charge in [0.1, 0.15) is 0 Å². The largest absolute Gasteiger partial charge is 0.490 e. The molecule has 0 amide bonds. The predicted octanol–water partition coefficient (Wildman–Crippen LogP) is 2.26. The van der Waals surface area contributed by atoms with E-state index in [2.05, 4.69) is 13.1 Å². The lowest BCUT2D eigenvalue weighted by Crippen LogP contribution is -2.21. The van der Waals surface area contributed by atoms with Gasteiger partial charge in [0.25, 0.3) is 0 Å². The van der Waals surface area contributed by atoms with Gasteiger partial charge in [-0.2, -0.15) is 8.62 Å². The number of hydrogen-bond donors (Lipinski definition) is 4. The van der Waals surface area contributed by atoms with Gasteiger partial charge in [0.2, 0.25) is 3.79 Å². The van der Waals surface area contributed by atoms with Crippen molar-refractivity contribution in [1.82, 2.24) is 0 Å². The van der Waals surface area contributed by atoms with Crippen molar-refractivity contribution in [2.45, 2.75) is 9.36 Å². The lowest BCUT2D eigenvalue weighted by molar-refractivity contribution is 0.161. The first-order chi connectivity index (χ1) is 8.04. The maximum Gasteiger partial charge on any atom is 0.490 e. The minimum atomic E-state index is -5.63. The molecule has 116 valence electrons. The van der Waals surface area contributed by atoms with Gasteiger partial charge in [-0.3, -0.25) is 4.52 Å². The van der Waals surface area contributed by atoms with E-state index in [0.717, 1.165) is 0 Å². The van der Waals surface area contributed by atoms with E-state index < -0.39 is 32.8 Å². The normalized spacial score (nSPS) is 21.5. The highest BCUT2D eigenvalue weighted by Crippen LogP contribution is 2.67. The molecule has 0 fully saturated rings. The third kappa shape index (κ3) is 10.0. The number of rotatable bonds is 6. The van der Waals surface area contributed by atoms with Gasteiger partial charge in [0, 0.05) is 0 Å². The van der Waals surface area contributed by atoms with E-state index in [1.165, 1.54) is 0 Å². The van der Waals surface area contributed by atoms with Gasteiger partial charge in [-0.1, -0.05) is 46.4 Å². The number of alkyl halides is 4. The molecule has 0 heterocycles. The molecule has 0 radical (unpaired) electrons. The van der Waals surface area contributed by atoms with E-state index in [9.17, 15) is 13.7 Å². The molecular weight excluding hydrogens is 419 g/mol. The van der Waals surface area contributed by atoms with Crippen LogP contribution in [0.4, 0.5) is 0 Å². The molecule has 0 aromatic rings. The highest BCUT2D eigenvalue weighted by Gasteiger charge is 2.44. The Morgan fingerprint density at radius 3 is 1.63 bits per heavy atom. The van der Waals surface area contributed by atoms with Crippen LogP contribution in [0.3, 0.4) is 0 Å². The monoisotopic (exact) mass is 422 g/mol. The highest BCUT2D eigenvalue weighted by atomic mass is 35.6. The first-order valence-electron chi connectivity index (χ1n) is 3.57. The summed E-state index contributed by atoms with van der Waals surface area (Å²) in [6, 6.07) is 0. The smallest absolute Gasteiger partial charge is 0.302 e. The molecular formula is C2H5Cl4O10P3. The van der Waals surface area contributed by atoms with Crippen molar-refractivity contribution in [2.75, 3.05) is 0 Å². The molecule has 0 saturated carbocycles. The minimum Gasteiger partial charge on any atom is -0.302 e. The van der Waals surface area contributed by atoms with Crippen molar-refractivity contribution in [3.8, 4) is 0 Å². The van der Waals surface area contributed by atoms with E-state index in [1.54, 1.807) is 0 Å². The lowest BCUT2D eigenvalue weighted by Gasteiger charge is -2.21. The van der Waals surface area contributed by atoms with Crippen molar-refractivity contribution < 1.29 is 46.4 Å². The summed E-state index contributed by atoms with van der Waals surface area (Å²) < 4.78 is 40.6. The Bertz CT molecular complexity index is 452. The molecule has 0 aliphatic heterocycles. The zero-order valence-electron chi connectivity index (χ0n) is 8.17. The summed E-state index contributed by atoms with van der Waals surface area (Å²) >= 11 is 20.7. The van der Waals surface area contributed by atoms with Crippen molar-refractivity contribution in [2.24, 2.45) is 0 Å². The minimum absolute atomic E-state index is 2.08. The van der Waals surface area contributed by atoms with Gasteiger partial charge in [0.05, 0.1) is 0 Å². The molecule has 0 rings (SSSR count). The summed E-state index contributed by atoms with van der Waals surface area (Å²) in [4.78, 5) is 34.2. The van der Waals surface area contributed by atoms with Gasteiger partial charge in [-0.25, -0.2) is 13.7 Å². The van der Waals surface area contributed by atoms with Gasteiger partial charge in [-0.15, -0.1) is 0 Å². The zero-order chi connectivity index (χ0) is 15.7. The molecule has 3 atom stereocenters. The van der Waals surface area contributed by atoms with Crippen LogP contribution in [0, 0.1) is 0 Å².